The minimum absolute atomic E-state index is 0.0364. The first-order chi connectivity index (χ1) is 13.4. The third-order valence-corrected chi connectivity index (χ3v) is 7.76. The van der Waals surface area contributed by atoms with Gasteiger partial charge in [0.1, 0.15) is 6.07 Å². The molecule has 0 aromatic heterocycles. The molecule has 8 heteroatoms. The van der Waals surface area contributed by atoms with Crippen LogP contribution in [0.25, 0.3) is 0 Å². The predicted octanol–water partition coefficient (Wildman–Crippen LogP) is 1.66. The molecule has 1 saturated heterocycles. The zero-order valence-corrected chi connectivity index (χ0v) is 17.2. The highest BCUT2D eigenvalue weighted by Crippen LogP contribution is 2.23. The van der Waals surface area contributed by atoms with Crippen LogP contribution >= 0.6 is 0 Å². The summed E-state index contributed by atoms with van der Waals surface area (Å²) in [6.07, 6.45) is 6.03. The minimum Gasteiger partial charge on any atom is -0.339 e. The maximum absolute atomic E-state index is 12.9. The molecular weight excluding hydrogens is 376 g/mol. The Morgan fingerprint density at radius 1 is 1.14 bits per heavy atom. The summed E-state index contributed by atoms with van der Waals surface area (Å²) in [5, 5.41) is 9.20. The highest BCUT2D eigenvalue weighted by Gasteiger charge is 2.32. The van der Waals surface area contributed by atoms with Crippen LogP contribution in [0.2, 0.25) is 0 Å². The molecule has 28 heavy (non-hydrogen) atoms. The van der Waals surface area contributed by atoms with Gasteiger partial charge >= 0.3 is 0 Å². The first kappa shape index (κ1) is 20.8. The Balaban J connectivity index is 1.58. The quantitative estimate of drug-likeness (QED) is 0.745. The number of hydrogen-bond acceptors (Lipinski definition) is 5. The second kappa shape index (κ2) is 9.03. The van der Waals surface area contributed by atoms with Crippen molar-refractivity contribution in [3.63, 3.8) is 0 Å². The molecule has 1 aliphatic carbocycles. The van der Waals surface area contributed by atoms with E-state index < -0.39 is 10.0 Å². The molecule has 1 aromatic carbocycles. The summed E-state index contributed by atoms with van der Waals surface area (Å²) in [7, 11) is -1.72. The molecule has 1 aromatic rings. The van der Waals surface area contributed by atoms with E-state index in [9.17, 15) is 18.5 Å². The van der Waals surface area contributed by atoms with Crippen molar-refractivity contribution < 1.29 is 13.2 Å². The average molecular weight is 405 g/mol. The van der Waals surface area contributed by atoms with Gasteiger partial charge in [0.15, 0.2) is 0 Å². The Morgan fingerprint density at radius 3 is 2.43 bits per heavy atom. The van der Waals surface area contributed by atoms with Crippen molar-refractivity contribution in [3.05, 3.63) is 29.8 Å². The van der Waals surface area contributed by atoms with Crippen molar-refractivity contribution in [2.45, 2.75) is 43.0 Å². The topological polar surface area (TPSA) is 84.7 Å². The lowest BCUT2D eigenvalue weighted by molar-refractivity contribution is -0.134. The van der Waals surface area contributed by atoms with Gasteiger partial charge in [0, 0.05) is 32.2 Å². The number of carbonyl (C=O) groups is 1. The van der Waals surface area contributed by atoms with E-state index in [4.69, 9.17) is 0 Å². The van der Waals surface area contributed by atoms with Gasteiger partial charge < -0.3 is 4.90 Å². The number of amides is 1. The summed E-state index contributed by atoms with van der Waals surface area (Å²) in [5.74, 6) is 0.0579. The summed E-state index contributed by atoms with van der Waals surface area (Å²) in [6.45, 7) is 1.65. The van der Waals surface area contributed by atoms with Gasteiger partial charge in [0.05, 0.1) is 17.0 Å². The van der Waals surface area contributed by atoms with Crippen LogP contribution in [0, 0.1) is 11.3 Å². The fourth-order valence-electron chi connectivity index (χ4n) is 4.07. The van der Waals surface area contributed by atoms with Crippen LogP contribution in [0.4, 0.5) is 0 Å². The number of nitriles is 1. The zero-order chi connectivity index (χ0) is 20.1. The Morgan fingerprint density at radius 2 is 1.79 bits per heavy atom. The van der Waals surface area contributed by atoms with E-state index in [1.807, 2.05) is 13.1 Å². The van der Waals surface area contributed by atoms with Crippen LogP contribution in [-0.4, -0.2) is 74.2 Å². The van der Waals surface area contributed by atoms with Crippen molar-refractivity contribution in [1.82, 2.24) is 14.1 Å². The van der Waals surface area contributed by atoms with Gasteiger partial charge in [-0.05, 0) is 32.0 Å². The molecule has 7 nitrogen and oxygen atoms in total. The lowest BCUT2D eigenvalue weighted by Gasteiger charge is -2.36. The van der Waals surface area contributed by atoms with Gasteiger partial charge in [-0.15, -0.1) is 0 Å². The molecule has 0 bridgehead atoms. The third kappa shape index (κ3) is 4.54. The molecule has 2 aliphatic rings. The van der Waals surface area contributed by atoms with Crippen molar-refractivity contribution in [3.8, 4) is 6.07 Å². The normalized spacial score (nSPS) is 19.5. The first-order valence-electron chi connectivity index (χ1n) is 9.91. The van der Waals surface area contributed by atoms with Crippen LogP contribution in [0.15, 0.2) is 29.2 Å². The van der Waals surface area contributed by atoms with Crippen LogP contribution in [-0.2, 0) is 14.8 Å². The van der Waals surface area contributed by atoms with Crippen molar-refractivity contribution in [2.24, 2.45) is 0 Å². The van der Waals surface area contributed by atoms with E-state index in [-0.39, 0.29) is 29.5 Å². The molecule has 1 aliphatic heterocycles. The number of piperazine rings is 1. The highest BCUT2D eigenvalue weighted by molar-refractivity contribution is 7.89. The zero-order valence-electron chi connectivity index (χ0n) is 16.4. The Kier molecular flexibility index (Phi) is 6.70. The highest BCUT2D eigenvalue weighted by atomic mass is 32.2. The molecule has 1 saturated carbocycles. The van der Waals surface area contributed by atoms with Gasteiger partial charge in [-0.3, -0.25) is 9.69 Å². The lowest BCUT2D eigenvalue weighted by atomic mass is 9.94. The van der Waals surface area contributed by atoms with Crippen molar-refractivity contribution >= 4 is 15.9 Å². The van der Waals surface area contributed by atoms with E-state index >= 15 is 0 Å². The number of likely N-dealkylation sites (N-methyl/N-ethyl adjacent to an activating group) is 1. The second-order valence-corrected chi connectivity index (χ2v) is 9.51. The van der Waals surface area contributed by atoms with Gasteiger partial charge in [-0.2, -0.15) is 9.57 Å². The average Bonchev–Trinajstić information content (AvgIpc) is 2.74. The number of hydrogen-bond donors (Lipinski definition) is 0. The second-order valence-electron chi connectivity index (χ2n) is 7.60. The minimum atomic E-state index is -3.73. The van der Waals surface area contributed by atoms with Gasteiger partial charge in [0.2, 0.25) is 15.9 Å². The molecule has 0 radical (unpaired) electrons. The fourth-order valence-corrected chi connectivity index (χ4v) is 5.63. The molecular formula is C20H28N4O3S. The Bertz CT molecular complexity index is 835. The smallest absolute Gasteiger partial charge is 0.244 e. The molecule has 2 fully saturated rings. The number of carbonyl (C=O) groups excluding carboxylic acids is 1. The maximum Gasteiger partial charge on any atom is 0.244 e. The van der Waals surface area contributed by atoms with Gasteiger partial charge in [0.25, 0.3) is 0 Å². The number of nitrogens with zero attached hydrogens (tertiary/aromatic N) is 4. The molecule has 0 atom stereocenters. The van der Waals surface area contributed by atoms with E-state index in [2.05, 4.69) is 4.90 Å². The molecule has 0 unspecified atom stereocenters. The molecule has 1 amide bonds. The standard InChI is InChI=1S/C20H28N4O3S/c1-22(18-8-3-2-4-9-18)16-20(25)23-11-13-24(14-12-23)28(26,27)19-10-6-5-7-17(19)15-21/h5-7,10,18H,2-4,8-9,11-14,16H2,1H3. The van der Waals surface area contributed by atoms with Crippen LogP contribution < -0.4 is 0 Å². The summed E-state index contributed by atoms with van der Waals surface area (Å²) < 4.78 is 27.2. The van der Waals surface area contributed by atoms with Crippen LogP contribution in [0.5, 0.6) is 0 Å². The van der Waals surface area contributed by atoms with Crippen molar-refractivity contribution in [2.75, 3.05) is 39.8 Å². The van der Waals surface area contributed by atoms with Crippen LogP contribution in [0.3, 0.4) is 0 Å². The van der Waals surface area contributed by atoms with Crippen LogP contribution in [0.1, 0.15) is 37.7 Å². The van der Waals surface area contributed by atoms with E-state index in [0.29, 0.717) is 25.7 Å². The third-order valence-electron chi connectivity index (χ3n) is 5.80. The van der Waals surface area contributed by atoms with Gasteiger partial charge in [-0.25, -0.2) is 8.42 Å². The summed E-state index contributed by atoms with van der Waals surface area (Å²) in [6, 6.07) is 8.66. The summed E-state index contributed by atoms with van der Waals surface area (Å²) in [4.78, 5) is 16.6. The molecule has 0 N–H and O–H groups in total. The number of rotatable bonds is 5. The first-order valence-corrected chi connectivity index (χ1v) is 11.3. The maximum atomic E-state index is 12.9. The molecule has 0 spiro atoms. The summed E-state index contributed by atoms with van der Waals surface area (Å²) in [5.41, 5.74) is 0.148. The fraction of sp³-hybridized carbons (Fsp3) is 0.600. The molecule has 152 valence electrons. The lowest BCUT2D eigenvalue weighted by Crippen LogP contribution is -2.53. The molecule has 1 heterocycles. The predicted molar refractivity (Wildman–Crippen MR) is 106 cm³/mol. The monoisotopic (exact) mass is 404 g/mol. The van der Waals surface area contributed by atoms with E-state index in [1.165, 1.54) is 35.7 Å². The number of sulfonamides is 1. The van der Waals surface area contributed by atoms with E-state index in [1.54, 1.807) is 17.0 Å². The molecule has 3 rings (SSSR count). The largest absolute Gasteiger partial charge is 0.339 e. The summed E-state index contributed by atoms with van der Waals surface area (Å²) >= 11 is 0. The SMILES string of the molecule is CN(CC(=O)N1CCN(S(=O)(=O)c2ccccc2C#N)CC1)C1CCCCC1. The van der Waals surface area contributed by atoms with Crippen molar-refractivity contribution in [1.29, 1.82) is 5.26 Å². The van der Waals surface area contributed by atoms with E-state index in [0.717, 1.165) is 12.8 Å². The Labute approximate surface area is 167 Å². The Hall–Kier alpha value is -1.95. The number of benzene rings is 1. The van der Waals surface area contributed by atoms with Gasteiger partial charge in [-0.1, -0.05) is 31.4 Å².